The predicted molar refractivity (Wildman–Crippen MR) is 79.0 cm³/mol. The SMILES string of the molecule is COc1ccc(Nc2ncc(C(=O)O)cc2Cl)c(OC)c1. The molecule has 1 heterocycles. The van der Waals surface area contributed by atoms with Crippen LogP contribution in [0.2, 0.25) is 5.02 Å². The number of benzene rings is 1. The number of nitrogens with one attached hydrogen (secondary N) is 1. The average Bonchev–Trinajstić information content (AvgIpc) is 2.49. The van der Waals surface area contributed by atoms with E-state index in [-0.39, 0.29) is 10.6 Å². The van der Waals surface area contributed by atoms with Gasteiger partial charge >= 0.3 is 5.97 Å². The van der Waals surface area contributed by atoms with Gasteiger partial charge in [0.1, 0.15) is 17.3 Å². The first-order chi connectivity index (χ1) is 10.0. The molecule has 0 amide bonds. The van der Waals surface area contributed by atoms with E-state index in [1.54, 1.807) is 25.3 Å². The molecule has 0 saturated heterocycles. The standard InChI is InChI=1S/C14H13ClN2O4/c1-20-9-3-4-11(12(6-9)21-2)17-13-10(15)5-8(7-16-13)14(18)19/h3-7H,1-2H3,(H,16,17)(H,18,19). The van der Waals surface area contributed by atoms with E-state index in [1.807, 2.05) is 0 Å². The summed E-state index contributed by atoms with van der Waals surface area (Å²) in [6.45, 7) is 0. The number of rotatable bonds is 5. The molecule has 0 radical (unpaired) electrons. The van der Waals surface area contributed by atoms with Gasteiger partial charge in [-0.05, 0) is 18.2 Å². The van der Waals surface area contributed by atoms with Crippen LogP contribution in [0.15, 0.2) is 30.5 Å². The first kappa shape index (κ1) is 14.9. The number of methoxy groups -OCH3 is 2. The third kappa shape index (κ3) is 3.35. The lowest BCUT2D eigenvalue weighted by atomic mass is 10.2. The van der Waals surface area contributed by atoms with Gasteiger partial charge < -0.3 is 19.9 Å². The van der Waals surface area contributed by atoms with Crippen LogP contribution in [0.25, 0.3) is 0 Å². The van der Waals surface area contributed by atoms with Crippen molar-refractivity contribution < 1.29 is 19.4 Å². The van der Waals surface area contributed by atoms with Crippen LogP contribution < -0.4 is 14.8 Å². The van der Waals surface area contributed by atoms with Gasteiger partial charge in [0.15, 0.2) is 0 Å². The molecule has 0 spiro atoms. The van der Waals surface area contributed by atoms with Crippen LogP contribution in [-0.4, -0.2) is 30.3 Å². The molecule has 0 aliphatic carbocycles. The summed E-state index contributed by atoms with van der Waals surface area (Å²) >= 11 is 6.02. The van der Waals surface area contributed by atoms with Gasteiger partial charge in [-0.15, -0.1) is 0 Å². The molecule has 7 heteroatoms. The molecule has 2 N–H and O–H groups in total. The molecule has 6 nitrogen and oxygen atoms in total. The van der Waals surface area contributed by atoms with Crippen molar-refractivity contribution >= 4 is 29.1 Å². The van der Waals surface area contributed by atoms with Crippen molar-refractivity contribution in [3.8, 4) is 11.5 Å². The lowest BCUT2D eigenvalue weighted by molar-refractivity contribution is 0.0696. The van der Waals surface area contributed by atoms with Crippen LogP contribution in [0, 0.1) is 0 Å². The van der Waals surface area contributed by atoms with Crippen LogP contribution in [0.4, 0.5) is 11.5 Å². The van der Waals surface area contributed by atoms with E-state index in [0.717, 1.165) is 0 Å². The molecular formula is C14H13ClN2O4. The number of aromatic carboxylic acids is 1. The molecule has 0 aliphatic heterocycles. The van der Waals surface area contributed by atoms with Gasteiger partial charge in [0.2, 0.25) is 0 Å². The fourth-order valence-electron chi connectivity index (χ4n) is 1.68. The molecule has 21 heavy (non-hydrogen) atoms. The summed E-state index contributed by atoms with van der Waals surface area (Å²) in [5.41, 5.74) is 0.656. The molecule has 0 fully saturated rings. The van der Waals surface area contributed by atoms with Crippen LogP contribution in [0.3, 0.4) is 0 Å². The molecule has 0 saturated carbocycles. The topological polar surface area (TPSA) is 80.7 Å². The molecule has 0 aliphatic rings. The van der Waals surface area contributed by atoms with Crippen molar-refractivity contribution in [1.82, 2.24) is 4.98 Å². The molecule has 0 atom stereocenters. The molecular weight excluding hydrogens is 296 g/mol. The van der Waals surface area contributed by atoms with Crippen molar-refractivity contribution in [2.24, 2.45) is 0 Å². The highest BCUT2D eigenvalue weighted by molar-refractivity contribution is 6.33. The number of hydrogen-bond donors (Lipinski definition) is 2. The van der Waals surface area contributed by atoms with Gasteiger partial charge in [-0.25, -0.2) is 9.78 Å². The summed E-state index contributed by atoms with van der Waals surface area (Å²) in [5, 5.41) is 12.1. The molecule has 1 aromatic heterocycles. The second kappa shape index (κ2) is 6.32. The van der Waals surface area contributed by atoms with Gasteiger partial charge in [-0.2, -0.15) is 0 Å². The van der Waals surface area contributed by atoms with E-state index in [2.05, 4.69) is 10.3 Å². The maximum Gasteiger partial charge on any atom is 0.337 e. The average molecular weight is 309 g/mol. The number of nitrogens with zero attached hydrogens (tertiary/aromatic N) is 1. The maximum absolute atomic E-state index is 10.8. The second-order valence-corrected chi connectivity index (χ2v) is 4.46. The maximum atomic E-state index is 10.8. The Balaban J connectivity index is 2.32. The van der Waals surface area contributed by atoms with E-state index >= 15 is 0 Å². The predicted octanol–water partition coefficient (Wildman–Crippen LogP) is 3.19. The van der Waals surface area contributed by atoms with Gasteiger partial charge in [-0.3, -0.25) is 0 Å². The number of carboxylic acids is 1. The number of carbonyl (C=O) groups is 1. The van der Waals surface area contributed by atoms with Crippen LogP contribution >= 0.6 is 11.6 Å². The smallest absolute Gasteiger partial charge is 0.337 e. The zero-order chi connectivity index (χ0) is 15.4. The van der Waals surface area contributed by atoms with Gasteiger partial charge in [0.05, 0.1) is 30.5 Å². The highest BCUT2D eigenvalue weighted by atomic mass is 35.5. The number of aromatic nitrogens is 1. The third-order valence-electron chi connectivity index (χ3n) is 2.75. The first-order valence-corrected chi connectivity index (χ1v) is 6.31. The third-order valence-corrected chi connectivity index (χ3v) is 3.04. The lowest BCUT2D eigenvalue weighted by Gasteiger charge is -2.13. The molecule has 2 rings (SSSR count). The highest BCUT2D eigenvalue weighted by Gasteiger charge is 2.11. The van der Waals surface area contributed by atoms with Crippen molar-refractivity contribution in [3.05, 3.63) is 41.0 Å². The number of pyridine rings is 1. The Kier molecular flexibility index (Phi) is 4.49. The van der Waals surface area contributed by atoms with Crippen LogP contribution in [0.1, 0.15) is 10.4 Å². The van der Waals surface area contributed by atoms with Crippen molar-refractivity contribution in [1.29, 1.82) is 0 Å². The summed E-state index contributed by atoms with van der Waals surface area (Å²) in [4.78, 5) is 14.8. The minimum atomic E-state index is -1.09. The van der Waals surface area contributed by atoms with Gasteiger partial charge in [0, 0.05) is 12.3 Å². The van der Waals surface area contributed by atoms with Crippen LogP contribution in [0.5, 0.6) is 11.5 Å². The number of anilines is 2. The van der Waals surface area contributed by atoms with Crippen molar-refractivity contribution in [3.63, 3.8) is 0 Å². The summed E-state index contributed by atoms with van der Waals surface area (Å²) < 4.78 is 10.4. The molecule has 2 aromatic rings. The second-order valence-electron chi connectivity index (χ2n) is 4.05. The minimum absolute atomic E-state index is 0.0206. The van der Waals surface area contributed by atoms with Crippen LogP contribution in [-0.2, 0) is 0 Å². The first-order valence-electron chi connectivity index (χ1n) is 5.93. The molecule has 0 unspecified atom stereocenters. The Bertz CT molecular complexity index is 676. The number of halogens is 1. The largest absolute Gasteiger partial charge is 0.497 e. The van der Waals surface area contributed by atoms with E-state index in [9.17, 15) is 4.79 Å². The van der Waals surface area contributed by atoms with Crippen molar-refractivity contribution in [2.75, 3.05) is 19.5 Å². The van der Waals surface area contributed by atoms with E-state index < -0.39 is 5.97 Å². The Morgan fingerprint density at radius 1 is 1.29 bits per heavy atom. The quantitative estimate of drug-likeness (QED) is 0.883. The number of ether oxygens (including phenoxy) is 2. The Hall–Kier alpha value is -2.47. The van der Waals surface area contributed by atoms with Gasteiger partial charge in [0.25, 0.3) is 0 Å². The zero-order valence-electron chi connectivity index (χ0n) is 11.4. The lowest BCUT2D eigenvalue weighted by Crippen LogP contribution is -2.01. The van der Waals surface area contributed by atoms with Gasteiger partial charge in [-0.1, -0.05) is 11.6 Å². The fraction of sp³-hybridized carbons (Fsp3) is 0.143. The molecule has 0 bridgehead atoms. The summed E-state index contributed by atoms with van der Waals surface area (Å²) in [6, 6.07) is 6.54. The Morgan fingerprint density at radius 3 is 2.62 bits per heavy atom. The van der Waals surface area contributed by atoms with E-state index in [4.69, 9.17) is 26.2 Å². The summed E-state index contributed by atoms with van der Waals surface area (Å²) in [5.74, 6) is 0.454. The number of hydrogen-bond acceptors (Lipinski definition) is 5. The highest BCUT2D eigenvalue weighted by Crippen LogP contribution is 2.33. The number of carboxylic acid groups (broad SMARTS) is 1. The van der Waals surface area contributed by atoms with E-state index in [1.165, 1.54) is 19.4 Å². The minimum Gasteiger partial charge on any atom is -0.497 e. The normalized spacial score (nSPS) is 10.0. The fourth-order valence-corrected chi connectivity index (χ4v) is 1.89. The summed E-state index contributed by atoms with van der Waals surface area (Å²) in [6.07, 6.45) is 1.23. The molecule has 1 aromatic carbocycles. The summed E-state index contributed by atoms with van der Waals surface area (Å²) in [7, 11) is 3.09. The van der Waals surface area contributed by atoms with Crippen molar-refractivity contribution in [2.45, 2.75) is 0 Å². The monoisotopic (exact) mass is 308 g/mol. The van der Waals surface area contributed by atoms with E-state index in [0.29, 0.717) is 23.0 Å². The Morgan fingerprint density at radius 2 is 2.05 bits per heavy atom. The Labute approximate surface area is 126 Å². The molecule has 110 valence electrons. The zero-order valence-corrected chi connectivity index (χ0v) is 12.1.